The number of amides is 1. The number of hydrogen-bond donors (Lipinski definition) is 1. The van der Waals surface area contributed by atoms with Gasteiger partial charge in [0.15, 0.2) is 0 Å². The SMILES string of the molecule is CCN(CCOc1ccc(C)cc1C)C(=O)C=Cc1cnc(N)nc1. The van der Waals surface area contributed by atoms with Gasteiger partial charge in [-0.25, -0.2) is 9.97 Å². The van der Waals surface area contributed by atoms with Crippen molar-refractivity contribution in [3.63, 3.8) is 0 Å². The van der Waals surface area contributed by atoms with Crippen molar-refractivity contribution in [2.75, 3.05) is 25.4 Å². The van der Waals surface area contributed by atoms with E-state index in [2.05, 4.69) is 16.0 Å². The monoisotopic (exact) mass is 340 g/mol. The van der Waals surface area contributed by atoms with Crippen molar-refractivity contribution in [2.45, 2.75) is 20.8 Å². The Bertz CT molecular complexity index is 742. The van der Waals surface area contributed by atoms with E-state index < -0.39 is 0 Å². The summed E-state index contributed by atoms with van der Waals surface area (Å²) in [4.78, 5) is 21.8. The maximum atomic E-state index is 12.3. The number of nitrogen functional groups attached to an aromatic ring is 1. The predicted molar refractivity (Wildman–Crippen MR) is 99.1 cm³/mol. The van der Waals surface area contributed by atoms with Gasteiger partial charge < -0.3 is 15.4 Å². The Balaban J connectivity index is 1.88. The Morgan fingerprint density at radius 3 is 2.64 bits per heavy atom. The molecular formula is C19H24N4O2. The minimum Gasteiger partial charge on any atom is -0.491 e. The summed E-state index contributed by atoms with van der Waals surface area (Å²) >= 11 is 0. The van der Waals surface area contributed by atoms with Crippen LogP contribution in [0.5, 0.6) is 5.75 Å². The lowest BCUT2D eigenvalue weighted by Gasteiger charge is -2.19. The zero-order valence-electron chi connectivity index (χ0n) is 14.9. The van der Waals surface area contributed by atoms with Gasteiger partial charge in [0.05, 0.1) is 6.54 Å². The van der Waals surface area contributed by atoms with Crippen LogP contribution in [0.15, 0.2) is 36.7 Å². The van der Waals surface area contributed by atoms with Crippen LogP contribution in [-0.2, 0) is 4.79 Å². The van der Waals surface area contributed by atoms with Crippen molar-refractivity contribution < 1.29 is 9.53 Å². The van der Waals surface area contributed by atoms with Crippen molar-refractivity contribution in [1.82, 2.24) is 14.9 Å². The lowest BCUT2D eigenvalue weighted by atomic mass is 10.1. The second kappa shape index (κ2) is 8.82. The summed E-state index contributed by atoms with van der Waals surface area (Å²) in [6.45, 7) is 7.58. The largest absolute Gasteiger partial charge is 0.491 e. The summed E-state index contributed by atoms with van der Waals surface area (Å²) in [5, 5.41) is 0. The molecule has 0 aliphatic rings. The molecule has 0 saturated carbocycles. The van der Waals surface area contributed by atoms with Gasteiger partial charge in [-0.15, -0.1) is 0 Å². The second-order valence-electron chi connectivity index (χ2n) is 5.74. The molecule has 0 atom stereocenters. The van der Waals surface area contributed by atoms with E-state index in [0.717, 1.165) is 16.9 Å². The molecule has 6 nitrogen and oxygen atoms in total. The van der Waals surface area contributed by atoms with Crippen LogP contribution in [-0.4, -0.2) is 40.5 Å². The fourth-order valence-corrected chi connectivity index (χ4v) is 2.36. The van der Waals surface area contributed by atoms with Gasteiger partial charge in [-0.3, -0.25) is 4.79 Å². The van der Waals surface area contributed by atoms with Crippen LogP contribution in [0.4, 0.5) is 5.95 Å². The van der Waals surface area contributed by atoms with Gasteiger partial charge in [0, 0.05) is 30.6 Å². The third-order valence-electron chi connectivity index (χ3n) is 3.75. The van der Waals surface area contributed by atoms with Gasteiger partial charge in [-0.05, 0) is 38.5 Å². The van der Waals surface area contributed by atoms with Crippen molar-refractivity contribution in [3.05, 3.63) is 53.4 Å². The maximum absolute atomic E-state index is 12.3. The fraction of sp³-hybridized carbons (Fsp3) is 0.316. The maximum Gasteiger partial charge on any atom is 0.246 e. The number of benzene rings is 1. The van der Waals surface area contributed by atoms with Crippen LogP contribution >= 0.6 is 0 Å². The van der Waals surface area contributed by atoms with E-state index in [1.807, 2.05) is 32.9 Å². The minimum absolute atomic E-state index is 0.0800. The van der Waals surface area contributed by atoms with E-state index in [-0.39, 0.29) is 11.9 Å². The molecule has 1 heterocycles. The van der Waals surface area contributed by atoms with Crippen molar-refractivity contribution in [3.8, 4) is 5.75 Å². The van der Waals surface area contributed by atoms with Crippen LogP contribution < -0.4 is 10.5 Å². The van der Waals surface area contributed by atoms with Crippen LogP contribution in [0.25, 0.3) is 6.08 Å². The summed E-state index contributed by atoms with van der Waals surface area (Å²) in [6.07, 6.45) is 6.34. The summed E-state index contributed by atoms with van der Waals surface area (Å²) in [7, 11) is 0. The molecule has 2 rings (SSSR count). The van der Waals surface area contributed by atoms with Gasteiger partial charge in [0.1, 0.15) is 12.4 Å². The molecular weight excluding hydrogens is 316 g/mol. The Morgan fingerprint density at radius 2 is 2.00 bits per heavy atom. The molecule has 1 aromatic heterocycles. The first-order valence-corrected chi connectivity index (χ1v) is 8.24. The third kappa shape index (κ3) is 5.60. The number of carbonyl (C=O) groups excluding carboxylic acids is 1. The van der Waals surface area contributed by atoms with Crippen molar-refractivity contribution in [1.29, 1.82) is 0 Å². The lowest BCUT2D eigenvalue weighted by Crippen LogP contribution is -2.33. The number of anilines is 1. The first-order valence-electron chi connectivity index (χ1n) is 8.24. The number of carbonyl (C=O) groups is 1. The number of nitrogens with zero attached hydrogens (tertiary/aromatic N) is 3. The van der Waals surface area contributed by atoms with Crippen LogP contribution in [0, 0.1) is 13.8 Å². The number of aromatic nitrogens is 2. The molecule has 0 saturated heterocycles. The van der Waals surface area contributed by atoms with E-state index in [0.29, 0.717) is 19.7 Å². The number of hydrogen-bond acceptors (Lipinski definition) is 5. The molecule has 25 heavy (non-hydrogen) atoms. The number of ether oxygens (including phenoxy) is 1. The average Bonchev–Trinajstić information content (AvgIpc) is 2.59. The molecule has 2 N–H and O–H groups in total. The molecule has 0 spiro atoms. The molecule has 1 aromatic carbocycles. The highest BCUT2D eigenvalue weighted by Gasteiger charge is 2.09. The zero-order chi connectivity index (χ0) is 18.2. The summed E-state index contributed by atoms with van der Waals surface area (Å²) < 4.78 is 5.80. The number of likely N-dealkylation sites (N-methyl/N-ethyl adjacent to an activating group) is 1. The Morgan fingerprint density at radius 1 is 1.28 bits per heavy atom. The second-order valence-corrected chi connectivity index (χ2v) is 5.74. The van der Waals surface area contributed by atoms with Gasteiger partial charge in [0.25, 0.3) is 0 Å². The topological polar surface area (TPSA) is 81.3 Å². The quantitative estimate of drug-likeness (QED) is 0.784. The smallest absolute Gasteiger partial charge is 0.246 e. The molecule has 0 bridgehead atoms. The first-order chi connectivity index (χ1) is 12.0. The third-order valence-corrected chi connectivity index (χ3v) is 3.75. The highest BCUT2D eigenvalue weighted by molar-refractivity contribution is 5.91. The Hall–Kier alpha value is -2.89. The molecule has 0 unspecified atom stereocenters. The molecule has 0 aliphatic heterocycles. The fourth-order valence-electron chi connectivity index (χ4n) is 2.36. The van der Waals surface area contributed by atoms with Gasteiger partial charge >= 0.3 is 0 Å². The standard InChI is InChI=1S/C19H24N4O2/c1-4-23(9-10-25-17-7-5-14(2)11-15(17)3)18(24)8-6-16-12-21-19(20)22-13-16/h5-8,11-13H,4,9-10H2,1-3H3,(H2,20,21,22). The highest BCUT2D eigenvalue weighted by atomic mass is 16.5. The first kappa shape index (κ1) is 18.4. The number of aryl methyl sites for hydroxylation is 2. The Labute approximate surface area is 148 Å². The van der Waals surface area contributed by atoms with Crippen LogP contribution in [0.3, 0.4) is 0 Å². The zero-order valence-corrected chi connectivity index (χ0v) is 14.9. The number of nitrogens with two attached hydrogens (primary N) is 1. The molecule has 0 fully saturated rings. The molecule has 132 valence electrons. The lowest BCUT2D eigenvalue weighted by molar-refractivity contribution is -0.126. The van der Waals surface area contributed by atoms with E-state index in [4.69, 9.17) is 10.5 Å². The van der Waals surface area contributed by atoms with E-state index in [9.17, 15) is 4.79 Å². The summed E-state index contributed by atoms with van der Waals surface area (Å²) in [5.74, 6) is 0.981. The van der Waals surface area contributed by atoms with Gasteiger partial charge in [-0.2, -0.15) is 0 Å². The number of rotatable bonds is 7. The minimum atomic E-state index is -0.0800. The van der Waals surface area contributed by atoms with Crippen molar-refractivity contribution >= 4 is 17.9 Å². The molecule has 0 aliphatic carbocycles. The van der Waals surface area contributed by atoms with Gasteiger partial charge in [-0.1, -0.05) is 17.7 Å². The molecule has 0 radical (unpaired) electrons. The normalized spacial score (nSPS) is 10.8. The average molecular weight is 340 g/mol. The molecule has 2 aromatic rings. The van der Waals surface area contributed by atoms with E-state index in [1.54, 1.807) is 23.4 Å². The van der Waals surface area contributed by atoms with Crippen LogP contribution in [0.2, 0.25) is 0 Å². The van der Waals surface area contributed by atoms with Crippen LogP contribution in [0.1, 0.15) is 23.6 Å². The van der Waals surface area contributed by atoms with Crippen molar-refractivity contribution in [2.24, 2.45) is 0 Å². The van der Waals surface area contributed by atoms with E-state index in [1.165, 1.54) is 11.6 Å². The van der Waals surface area contributed by atoms with E-state index >= 15 is 0 Å². The predicted octanol–water partition coefficient (Wildman–Crippen LogP) is 2.62. The molecule has 6 heteroatoms. The molecule has 1 amide bonds. The highest BCUT2D eigenvalue weighted by Crippen LogP contribution is 2.18. The Kier molecular flexibility index (Phi) is 6.51. The summed E-state index contributed by atoms with van der Waals surface area (Å²) in [5.41, 5.74) is 8.46. The van der Waals surface area contributed by atoms with Gasteiger partial charge in [0.2, 0.25) is 11.9 Å². The summed E-state index contributed by atoms with van der Waals surface area (Å²) in [6, 6.07) is 6.06.